The quantitative estimate of drug-likeness (QED) is 0.753. The summed E-state index contributed by atoms with van der Waals surface area (Å²) in [4.78, 5) is 0. The number of nitrogens with one attached hydrogen (secondary N) is 1. The van der Waals surface area contributed by atoms with Crippen LogP contribution in [0.2, 0.25) is 0 Å². The lowest BCUT2D eigenvalue weighted by Crippen LogP contribution is -2.33. The Morgan fingerprint density at radius 1 is 1.43 bits per heavy atom. The molecule has 1 aromatic rings. The van der Waals surface area contributed by atoms with Gasteiger partial charge in [-0.05, 0) is 23.3 Å². The van der Waals surface area contributed by atoms with Crippen molar-refractivity contribution in [2.24, 2.45) is 7.05 Å². The molecule has 0 bridgehead atoms. The number of rotatable bonds is 2. The van der Waals surface area contributed by atoms with E-state index in [-0.39, 0.29) is 5.38 Å². The lowest BCUT2D eigenvalue weighted by atomic mass is 9.95. The molecular formula is C8H14ClN5. The van der Waals surface area contributed by atoms with Gasteiger partial charge in [0.05, 0.1) is 5.38 Å². The number of hydrogen-bond donors (Lipinski definition) is 1. The second kappa shape index (κ2) is 4.13. The van der Waals surface area contributed by atoms with Crippen molar-refractivity contribution in [1.82, 2.24) is 20.2 Å². The molecule has 1 heterocycles. The van der Waals surface area contributed by atoms with Gasteiger partial charge in [0.2, 0.25) is 5.95 Å². The van der Waals surface area contributed by atoms with Crippen molar-refractivity contribution in [2.45, 2.75) is 37.1 Å². The highest BCUT2D eigenvalue weighted by atomic mass is 35.5. The summed E-state index contributed by atoms with van der Waals surface area (Å²) in [5.41, 5.74) is 0. The van der Waals surface area contributed by atoms with Crippen molar-refractivity contribution in [3.05, 3.63) is 0 Å². The summed E-state index contributed by atoms with van der Waals surface area (Å²) in [6, 6.07) is 0.301. The number of aromatic nitrogens is 4. The van der Waals surface area contributed by atoms with E-state index in [0.717, 1.165) is 12.8 Å². The van der Waals surface area contributed by atoms with Crippen LogP contribution in [0, 0.1) is 0 Å². The maximum atomic E-state index is 6.21. The summed E-state index contributed by atoms with van der Waals surface area (Å²) in [6.45, 7) is 0. The molecule has 2 rings (SSSR count). The van der Waals surface area contributed by atoms with Gasteiger partial charge in [-0.3, -0.25) is 0 Å². The molecule has 0 radical (unpaired) electrons. The first-order valence-corrected chi connectivity index (χ1v) is 5.34. The van der Waals surface area contributed by atoms with Crippen LogP contribution in [0.25, 0.3) is 0 Å². The molecule has 2 unspecified atom stereocenters. The number of hydrogen-bond acceptors (Lipinski definition) is 4. The second-order valence-electron chi connectivity index (χ2n) is 3.68. The van der Waals surface area contributed by atoms with E-state index in [1.165, 1.54) is 12.8 Å². The van der Waals surface area contributed by atoms with Crippen molar-refractivity contribution >= 4 is 17.5 Å². The Hall–Kier alpha value is -0.840. The first-order valence-electron chi connectivity index (χ1n) is 4.90. The molecule has 78 valence electrons. The van der Waals surface area contributed by atoms with Crippen LogP contribution in [0.1, 0.15) is 25.7 Å². The molecule has 0 aliphatic heterocycles. The molecule has 1 aliphatic rings. The van der Waals surface area contributed by atoms with Crippen molar-refractivity contribution < 1.29 is 0 Å². The third-order valence-corrected chi connectivity index (χ3v) is 3.14. The average molecular weight is 216 g/mol. The molecule has 1 saturated carbocycles. The number of aryl methyl sites for hydroxylation is 1. The van der Waals surface area contributed by atoms with Gasteiger partial charge < -0.3 is 5.32 Å². The molecule has 0 aromatic carbocycles. The van der Waals surface area contributed by atoms with E-state index in [4.69, 9.17) is 11.6 Å². The fourth-order valence-corrected chi connectivity index (χ4v) is 2.11. The second-order valence-corrected chi connectivity index (χ2v) is 4.24. The molecule has 2 atom stereocenters. The predicted octanol–water partition coefficient (Wildman–Crippen LogP) is 1.17. The van der Waals surface area contributed by atoms with Crippen LogP contribution in [0.4, 0.5) is 5.95 Å². The van der Waals surface area contributed by atoms with Gasteiger partial charge in [0.25, 0.3) is 0 Å². The fraction of sp³-hybridized carbons (Fsp3) is 0.875. The van der Waals surface area contributed by atoms with Crippen LogP contribution < -0.4 is 5.32 Å². The van der Waals surface area contributed by atoms with Gasteiger partial charge in [0.15, 0.2) is 0 Å². The minimum Gasteiger partial charge on any atom is -0.349 e. The third-order valence-electron chi connectivity index (χ3n) is 2.62. The Morgan fingerprint density at radius 2 is 2.21 bits per heavy atom. The van der Waals surface area contributed by atoms with Crippen LogP contribution in [0.15, 0.2) is 0 Å². The molecule has 1 N–H and O–H groups in total. The van der Waals surface area contributed by atoms with Gasteiger partial charge in [-0.25, -0.2) is 4.68 Å². The molecule has 14 heavy (non-hydrogen) atoms. The lowest BCUT2D eigenvalue weighted by molar-refractivity contribution is 0.466. The van der Waals surface area contributed by atoms with E-state index >= 15 is 0 Å². The largest absolute Gasteiger partial charge is 0.349 e. The molecule has 0 amide bonds. The Kier molecular flexibility index (Phi) is 2.86. The van der Waals surface area contributed by atoms with Crippen molar-refractivity contribution in [1.29, 1.82) is 0 Å². The fourth-order valence-electron chi connectivity index (χ4n) is 1.77. The van der Waals surface area contributed by atoms with E-state index in [1.807, 2.05) is 7.05 Å². The number of halogens is 1. The summed E-state index contributed by atoms with van der Waals surface area (Å²) < 4.78 is 1.62. The number of alkyl halides is 1. The number of anilines is 1. The highest BCUT2D eigenvalue weighted by Gasteiger charge is 2.24. The molecule has 1 fully saturated rings. The predicted molar refractivity (Wildman–Crippen MR) is 54.3 cm³/mol. The number of nitrogens with zero attached hydrogens (tertiary/aromatic N) is 4. The van der Waals surface area contributed by atoms with Crippen LogP contribution >= 0.6 is 11.6 Å². The van der Waals surface area contributed by atoms with E-state index in [9.17, 15) is 0 Å². The van der Waals surface area contributed by atoms with Crippen molar-refractivity contribution in [2.75, 3.05) is 5.32 Å². The first kappa shape index (κ1) is 9.71. The summed E-state index contributed by atoms with van der Waals surface area (Å²) in [5, 5.41) is 14.7. The van der Waals surface area contributed by atoms with E-state index in [2.05, 4.69) is 20.8 Å². The zero-order chi connectivity index (χ0) is 9.97. The molecular weight excluding hydrogens is 202 g/mol. The van der Waals surface area contributed by atoms with Crippen LogP contribution in [-0.2, 0) is 7.05 Å². The smallest absolute Gasteiger partial charge is 0.242 e. The Morgan fingerprint density at radius 3 is 2.86 bits per heavy atom. The standard InChI is InChI=1S/C8H14ClN5/c1-14-8(11-12-13-14)10-7-5-3-2-4-6(7)9/h6-7H,2-5H2,1H3,(H,10,11,13). The summed E-state index contributed by atoms with van der Waals surface area (Å²) in [6.07, 6.45) is 4.63. The van der Waals surface area contributed by atoms with E-state index in [0.29, 0.717) is 12.0 Å². The van der Waals surface area contributed by atoms with Crippen molar-refractivity contribution in [3.8, 4) is 0 Å². The molecule has 0 spiro atoms. The van der Waals surface area contributed by atoms with Crippen LogP contribution in [-0.4, -0.2) is 31.6 Å². The van der Waals surface area contributed by atoms with E-state index in [1.54, 1.807) is 4.68 Å². The highest BCUT2D eigenvalue weighted by molar-refractivity contribution is 6.21. The van der Waals surface area contributed by atoms with Crippen LogP contribution in [0.3, 0.4) is 0 Å². The zero-order valence-corrected chi connectivity index (χ0v) is 8.91. The first-order chi connectivity index (χ1) is 6.77. The molecule has 1 aliphatic carbocycles. The van der Waals surface area contributed by atoms with Gasteiger partial charge in [-0.2, -0.15) is 0 Å². The number of tetrazole rings is 1. The third kappa shape index (κ3) is 1.97. The summed E-state index contributed by atoms with van der Waals surface area (Å²) >= 11 is 6.21. The molecule has 5 nitrogen and oxygen atoms in total. The molecule has 6 heteroatoms. The van der Waals surface area contributed by atoms with E-state index < -0.39 is 0 Å². The monoisotopic (exact) mass is 215 g/mol. The summed E-state index contributed by atoms with van der Waals surface area (Å²) in [5.74, 6) is 0.697. The zero-order valence-electron chi connectivity index (χ0n) is 8.15. The highest BCUT2D eigenvalue weighted by Crippen LogP contribution is 2.25. The Balaban J connectivity index is 1.99. The summed E-state index contributed by atoms with van der Waals surface area (Å²) in [7, 11) is 1.81. The van der Waals surface area contributed by atoms with Crippen molar-refractivity contribution in [3.63, 3.8) is 0 Å². The normalized spacial score (nSPS) is 27.6. The van der Waals surface area contributed by atoms with Crippen LogP contribution in [0.5, 0.6) is 0 Å². The average Bonchev–Trinajstić information content (AvgIpc) is 2.56. The van der Waals surface area contributed by atoms with Gasteiger partial charge in [-0.1, -0.05) is 17.9 Å². The molecule has 0 saturated heterocycles. The SMILES string of the molecule is Cn1nnnc1NC1CCCCC1Cl. The van der Waals surface area contributed by atoms with Gasteiger partial charge in [0, 0.05) is 13.1 Å². The molecule has 1 aromatic heterocycles. The minimum atomic E-state index is 0.195. The Bertz CT molecular complexity index is 300. The van der Waals surface area contributed by atoms with Gasteiger partial charge >= 0.3 is 0 Å². The lowest BCUT2D eigenvalue weighted by Gasteiger charge is -2.27. The topological polar surface area (TPSA) is 55.6 Å². The maximum Gasteiger partial charge on any atom is 0.242 e. The van der Waals surface area contributed by atoms with Gasteiger partial charge in [0.1, 0.15) is 0 Å². The Labute approximate surface area is 87.8 Å². The minimum absolute atomic E-state index is 0.195. The van der Waals surface area contributed by atoms with Gasteiger partial charge in [-0.15, -0.1) is 11.6 Å². The maximum absolute atomic E-state index is 6.21.